The number of rotatable bonds is 11. The quantitative estimate of drug-likeness (QED) is 0.310. The smallest absolute Gasteiger partial charge is 0.232 e. The third kappa shape index (κ3) is 5.23. The molecule has 0 aliphatic carbocycles. The number of fused-ring (bicyclic) bond motifs is 3. The lowest BCUT2D eigenvalue weighted by Crippen LogP contribution is -2.17. The van der Waals surface area contributed by atoms with Gasteiger partial charge in [-0.2, -0.15) is 0 Å². The molecule has 0 spiro atoms. The summed E-state index contributed by atoms with van der Waals surface area (Å²) in [6.45, 7) is 3.42. The summed E-state index contributed by atoms with van der Waals surface area (Å²) in [5.74, 6) is 1.80. The number of pyridine rings is 1. The zero-order valence-corrected chi connectivity index (χ0v) is 20.1. The molecular weight excluding hydrogens is 454 g/mol. The number of benzene rings is 2. The van der Waals surface area contributed by atoms with Gasteiger partial charge in [-0.25, -0.2) is 18.4 Å². The average molecular weight is 484 g/mol. The van der Waals surface area contributed by atoms with Crippen molar-refractivity contribution in [1.29, 1.82) is 0 Å². The summed E-state index contributed by atoms with van der Waals surface area (Å²) in [6, 6.07) is 14.6. The Labute approximate surface area is 199 Å². The number of sulfonamides is 1. The van der Waals surface area contributed by atoms with Crippen molar-refractivity contribution in [2.45, 2.75) is 32.9 Å². The van der Waals surface area contributed by atoms with Crippen LogP contribution in [-0.2, 0) is 27.9 Å². The fourth-order valence-electron chi connectivity index (χ4n) is 3.90. The maximum atomic E-state index is 12.5. The van der Waals surface area contributed by atoms with E-state index in [1.165, 1.54) is 0 Å². The van der Waals surface area contributed by atoms with Gasteiger partial charge >= 0.3 is 0 Å². The van der Waals surface area contributed by atoms with E-state index < -0.39 is 10.0 Å². The van der Waals surface area contributed by atoms with Crippen LogP contribution in [0.3, 0.4) is 0 Å². The topological polar surface area (TPSA) is 121 Å². The van der Waals surface area contributed by atoms with E-state index in [0.29, 0.717) is 55.4 Å². The van der Waals surface area contributed by atoms with Crippen molar-refractivity contribution >= 4 is 43.5 Å². The molecule has 0 unspecified atom stereocenters. The Bertz CT molecular complexity index is 1380. The van der Waals surface area contributed by atoms with Crippen LogP contribution >= 0.6 is 0 Å². The van der Waals surface area contributed by atoms with Crippen LogP contribution < -0.4 is 15.2 Å². The Morgan fingerprint density at radius 3 is 2.56 bits per heavy atom. The van der Waals surface area contributed by atoms with E-state index >= 15 is 0 Å². The Hall–Kier alpha value is -3.37. The van der Waals surface area contributed by atoms with E-state index in [1.54, 1.807) is 31.4 Å². The molecule has 0 aliphatic heterocycles. The molecule has 0 fully saturated rings. The number of unbranched alkanes of at least 4 members (excludes halogenated alkanes) is 1. The molecule has 180 valence electrons. The highest BCUT2D eigenvalue weighted by molar-refractivity contribution is 7.92. The van der Waals surface area contributed by atoms with Crippen molar-refractivity contribution in [2.24, 2.45) is 0 Å². The van der Waals surface area contributed by atoms with Gasteiger partial charge in [0.25, 0.3) is 0 Å². The summed E-state index contributed by atoms with van der Waals surface area (Å²) in [5.41, 5.74) is 9.06. The molecule has 3 N–H and O–H groups in total. The van der Waals surface area contributed by atoms with Crippen LogP contribution in [0.5, 0.6) is 5.75 Å². The first-order valence-electron chi connectivity index (χ1n) is 11.2. The van der Waals surface area contributed by atoms with Gasteiger partial charge in [0.05, 0.1) is 23.9 Å². The number of imidazole rings is 1. The van der Waals surface area contributed by atoms with Gasteiger partial charge in [0.15, 0.2) is 5.82 Å². The molecule has 0 amide bonds. The lowest BCUT2D eigenvalue weighted by Gasteiger charge is -2.12. The van der Waals surface area contributed by atoms with Crippen molar-refractivity contribution in [3.63, 3.8) is 0 Å². The van der Waals surface area contributed by atoms with Crippen molar-refractivity contribution < 1.29 is 17.9 Å². The van der Waals surface area contributed by atoms with Crippen LogP contribution in [0.1, 0.15) is 25.6 Å². The normalized spacial score (nSPS) is 11.8. The Morgan fingerprint density at radius 2 is 1.82 bits per heavy atom. The molecule has 2 heterocycles. The van der Waals surface area contributed by atoms with Gasteiger partial charge < -0.3 is 19.8 Å². The van der Waals surface area contributed by atoms with Gasteiger partial charge in [0, 0.05) is 24.2 Å². The minimum atomic E-state index is -3.47. The van der Waals surface area contributed by atoms with E-state index in [4.69, 9.17) is 20.2 Å². The number of aryl methyl sites for hydroxylation is 1. The molecule has 0 bridgehead atoms. The van der Waals surface area contributed by atoms with E-state index in [2.05, 4.69) is 14.3 Å². The van der Waals surface area contributed by atoms with Crippen LogP contribution in [0, 0.1) is 0 Å². The third-order valence-electron chi connectivity index (χ3n) is 5.53. The SMILES string of the molecule is CCOCc1nc2c(N)nc3ccccc3c2n1CCCCS(=O)(=O)Nc1ccc(OC)cc1. The first-order chi connectivity index (χ1) is 16.4. The Morgan fingerprint density at radius 1 is 1.06 bits per heavy atom. The minimum absolute atomic E-state index is 0.0108. The van der Waals surface area contributed by atoms with Gasteiger partial charge in [-0.3, -0.25) is 4.72 Å². The second-order valence-electron chi connectivity index (χ2n) is 7.88. The molecule has 2 aromatic carbocycles. The predicted octanol–water partition coefficient (Wildman–Crippen LogP) is 3.93. The number of para-hydroxylation sites is 1. The van der Waals surface area contributed by atoms with Gasteiger partial charge in [-0.05, 0) is 50.1 Å². The number of nitrogens with two attached hydrogens (primary N) is 1. The minimum Gasteiger partial charge on any atom is -0.497 e. The van der Waals surface area contributed by atoms with Crippen LogP contribution in [0.2, 0.25) is 0 Å². The largest absolute Gasteiger partial charge is 0.497 e. The molecule has 0 saturated heterocycles. The fraction of sp³-hybridized carbons (Fsp3) is 0.333. The molecule has 4 rings (SSSR count). The Kier molecular flexibility index (Phi) is 7.18. The Balaban J connectivity index is 1.50. The molecular formula is C24H29N5O4S. The number of methoxy groups -OCH3 is 1. The number of nitrogen functional groups attached to an aromatic ring is 1. The van der Waals surface area contributed by atoms with E-state index in [9.17, 15) is 8.42 Å². The van der Waals surface area contributed by atoms with E-state index in [0.717, 1.165) is 22.2 Å². The first kappa shape index (κ1) is 23.8. The predicted molar refractivity (Wildman–Crippen MR) is 134 cm³/mol. The van der Waals surface area contributed by atoms with Gasteiger partial charge in [-0.1, -0.05) is 18.2 Å². The molecule has 34 heavy (non-hydrogen) atoms. The number of hydrogen-bond acceptors (Lipinski definition) is 7. The molecule has 4 aromatic rings. The summed E-state index contributed by atoms with van der Waals surface area (Å²) >= 11 is 0. The van der Waals surface area contributed by atoms with Crippen LogP contribution in [0.15, 0.2) is 48.5 Å². The van der Waals surface area contributed by atoms with Crippen molar-refractivity contribution in [3.05, 3.63) is 54.4 Å². The lowest BCUT2D eigenvalue weighted by molar-refractivity contribution is 0.126. The summed E-state index contributed by atoms with van der Waals surface area (Å²) in [5, 5.41) is 0.954. The van der Waals surface area contributed by atoms with Crippen LogP contribution in [0.25, 0.3) is 21.9 Å². The van der Waals surface area contributed by atoms with Crippen LogP contribution in [-0.4, -0.2) is 42.4 Å². The summed E-state index contributed by atoms with van der Waals surface area (Å²) in [7, 11) is -1.91. The number of hydrogen-bond donors (Lipinski definition) is 2. The number of aromatic nitrogens is 3. The molecule has 0 atom stereocenters. The molecule has 10 heteroatoms. The zero-order chi connectivity index (χ0) is 24.1. The first-order valence-corrected chi connectivity index (χ1v) is 12.8. The number of nitrogens with zero attached hydrogens (tertiary/aromatic N) is 3. The molecule has 0 radical (unpaired) electrons. The summed E-state index contributed by atoms with van der Waals surface area (Å²) < 4.78 is 40.5. The molecule has 2 aromatic heterocycles. The summed E-state index contributed by atoms with van der Waals surface area (Å²) in [4.78, 5) is 9.19. The van der Waals surface area contributed by atoms with E-state index in [-0.39, 0.29) is 5.75 Å². The monoisotopic (exact) mass is 483 g/mol. The number of nitrogens with one attached hydrogen (secondary N) is 1. The van der Waals surface area contributed by atoms with Gasteiger partial charge in [0.2, 0.25) is 10.0 Å². The third-order valence-corrected chi connectivity index (χ3v) is 6.91. The highest BCUT2D eigenvalue weighted by atomic mass is 32.2. The fourth-order valence-corrected chi connectivity index (χ4v) is 5.08. The maximum absolute atomic E-state index is 12.5. The van der Waals surface area contributed by atoms with Gasteiger partial charge in [-0.15, -0.1) is 0 Å². The lowest BCUT2D eigenvalue weighted by atomic mass is 10.2. The number of anilines is 2. The second kappa shape index (κ2) is 10.3. The molecule has 0 saturated carbocycles. The van der Waals surface area contributed by atoms with E-state index in [1.807, 2.05) is 31.2 Å². The number of ether oxygens (including phenoxy) is 2. The van der Waals surface area contributed by atoms with Crippen molar-refractivity contribution in [1.82, 2.24) is 14.5 Å². The average Bonchev–Trinajstić information content (AvgIpc) is 3.20. The standard InChI is InChI=1S/C24H29N5O4S/c1-3-33-16-21-27-22-23(19-8-4-5-9-20(19)26-24(22)25)29(21)14-6-7-15-34(30,31)28-17-10-12-18(32-2)13-11-17/h4-5,8-13,28H,3,6-7,14-16H2,1-2H3,(H2,25,26). The van der Waals surface area contributed by atoms with Gasteiger partial charge in [0.1, 0.15) is 23.7 Å². The van der Waals surface area contributed by atoms with Crippen molar-refractivity contribution in [2.75, 3.05) is 29.9 Å². The zero-order valence-electron chi connectivity index (χ0n) is 19.3. The molecule has 9 nitrogen and oxygen atoms in total. The highest BCUT2D eigenvalue weighted by Crippen LogP contribution is 2.29. The maximum Gasteiger partial charge on any atom is 0.232 e. The second-order valence-corrected chi connectivity index (χ2v) is 9.73. The van der Waals surface area contributed by atoms with Crippen LogP contribution in [0.4, 0.5) is 11.5 Å². The van der Waals surface area contributed by atoms with Crippen molar-refractivity contribution in [3.8, 4) is 5.75 Å². The highest BCUT2D eigenvalue weighted by Gasteiger charge is 2.18. The summed E-state index contributed by atoms with van der Waals surface area (Å²) in [6.07, 6.45) is 1.13. The molecule has 0 aliphatic rings.